The third-order valence-corrected chi connectivity index (χ3v) is 3.62. The van der Waals surface area contributed by atoms with Crippen LogP contribution in [0, 0.1) is 5.92 Å². The van der Waals surface area contributed by atoms with Gasteiger partial charge in [0.15, 0.2) is 0 Å². The van der Waals surface area contributed by atoms with Crippen molar-refractivity contribution in [2.75, 3.05) is 34.4 Å². The summed E-state index contributed by atoms with van der Waals surface area (Å²) in [4.78, 5) is 13.4. The molecule has 1 heterocycles. The molecule has 0 radical (unpaired) electrons. The number of nitrogens with zero attached hydrogens (tertiary/aromatic N) is 1. The molecule has 1 aromatic rings. The summed E-state index contributed by atoms with van der Waals surface area (Å²) in [5.41, 5.74) is 0.952. The Kier molecular flexibility index (Phi) is 3.95. The van der Waals surface area contributed by atoms with Gasteiger partial charge in [0.2, 0.25) is 0 Å². The first-order valence-electron chi connectivity index (χ1n) is 6.19. The summed E-state index contributed by atoms with van der Waals surface area (Å²) < 4.78 is 10.5. The summed E-state index contributed by atoms with van der Waals surface area (Å²) in [5, 5.41) is 9.33. The molecule has 0 amide bonds. The van der Waals surface area contributed by atoms with Crippen molar-refractivity contribution in [2.45, 2.75) is 5.92 Å². The summed E-state index contributed by atoms with van der Waals surface area (Å²) in [7, 11) is 5.12. The van der Waals surface area contributed by atoms with Gasteiger partial charge in [-0.15, -0.1) is 0 Å². The van der Waals surface area contributed by atoms with Crippen molar-refractivity contribution < 1.29 is 19.4 Å². The van der Waals surface area contributed by atoms with E-state index in [1.807, 2.05) is 24.1 Å². The van der Waals surface area contributed by atoms with Crippen molar-refractivity contribution in [3.8, 4) is 11.5 Å². The fraction of sp³-hybridized carbons (Fsp3) is 0.500. The smallest absolute Gasteiger partial charge is 0.308 e. The van der Waals surface area contributed by atoms with E-state index in [0.29, 0.717) is 18.0 Å². The maximum absolute atomic E-state index is 11.4. The minimum atomic E-state index is -0.754. The zero-order valence-corrected chi connectivity index (χ0v) is 11.4. The molecule has 2 atom stereocenters. The van der Waals surface area contributed by atoms with Crippen LogP contribution in [0.15, 0.2) is 18.2 Å². The first-order chi connectivity index (χ1) is 9.05. The van der Waals surface area contributed by atoms with Crippen LogP contribution in [-0.4, -0.2) is 50.3 Å². The Balaban J connectivity index is 2.36. The quantitative estimate of drug-likeness (QED) is 0.892. The van der Waals surface area contributed by atoms with Gasteiger partial charge in [0, 0.05) is 25.1 Å². The number of carboxylic acid groups (broad SMARTS) is 1. The average molecular weight is 265 g/mol. The number of hydrogen-bond donors (Lipinski definition) is 1. The molecule has 0 spiro atoms. The van der Waals surface area contributed by atoms with Crippen molar-refractivity contribution in [1.29, 1.82) is 0 Å². The normalized spacial score (nSPS) is 23.3. The number of carbonyl (C=O) groups is 1. The van der Waals surface area contributed by atoms with E-state index in [4.69, 9.17) is 9.47 Å². The van der Waals surface area contributed by atoms with Gasteiger partial charge in [0.05, 0.1) is 20.1 Å². The standard InChI is InChI=1S/C14H19NO4/c1-15-7-12(13(8-15)14(16)17)9-4-10(18-2)6-11(5-9)19-3/h4-6,12-13H,7-8H2,1-3H3,(H,16,17). The average Bonchev–Trinajstić information content (AvgIpc) is 2.80. The third-order valence-electron chi connectivity index (χ3n) is 3.62. The zero-order chi connectivity index (χ0) is 14.0. The first kappa shape index (κ1) is 13.7. The molecule has 0 saturated carbocycles. The lowest BCUT2D eigenvalue weighted by Crippen LogP contribution is -2.21. The second kappa shape index (κ2) is 5.48. The predicted molar refractivity (Wildman–Crippen MR) is 70.9 cm³/mol. The van der Waals surface area contributed by atoms with Crippen molar-refractivity contribution in [3.63, 3.8) is 0 Å². The maximum atomic E-state index is 11.4. The van der Waals surface area contributed by atoms with Gasteiger partial charge in [0.1, 0.15) is 11.5 Å². The Labute approximate surface area is 112 Å². The van der Waals surface area contributed by atoms with Crippen LogP contribution in [0.4, 0.5) is 0 Å². The number of benzene rings is 1. The Bertz CT molecular complexity index is 452. The molecular formula is C14H19NO4. The minimum Gasteiger partial charge on any atom is -0.497 e. The number of carboxylic acids is 1. The van der Waals surface area contributed by atoms with Crippen molar-refractivity contribution in [3.05, 3.63) is 23.8 Å². The highest BCUT2D eigenvalue weighted by atomic mass is 16.5. The van der Waals surface area contributed by atoms with E-state index in [9.17, 15) is 9.90 Å². The molecular weight excluding hydrogens is 246 g/mol. The molecule has 0 bridgehead atoms. The highest BCUT2D eigenvalue weighted by Gasteiger charge is 2.37. The topological polar surface area (TPSA) is 59.0 Å². The van der Waals surface area contributed by atoms with Crippen LogP contribution in [-0.2, 0) is 4.79 Å². The largest absolute Gasteiger partial charge is 0.497 e. The molecule has 19 heavy (non-hydrogen) atoms. The lowest BCUT2D eigenvalue weighted by Gasteiger charge is -2.17. The lowest BCUT2D eigenvalue weighted by molar-refractivity contribution is -0.141. The minimum absolute atomic E-state index is 0.0356. The predicted octanol–water partition coefficient (Wildman–Crippen LogP) is 1.43. The molecule has 5 heteroatoms. The van der Waals surface area contributed by atoms with Gasteiger partial charge in [-0.2, -0.15) is 0 Å². The first-order valence-corrected chi connectivity index (χ1v) is 6.19. The second-order valence-electron chi connectivity index (χ2n) is 4.92. The summed E-state index contributed by atoms with van der Waals surface area (Å²) in [6.07, 6.45) is 0. The molecule has 1 aliphatic rings. The number of rotatable bonds is 4. The molecule has 2 rings (SSSR count). The summed E-state index contributed by atoms with van der Waals surface area (Å²) >= 11 is 0. The third kappa shape index (κ3) is 2.81. The number of likely N-dealkylation sites (N-methyl/N-ethyl adjacent to an activating group) is 1. The van der Waals surface area contributed by atoms with Gasteiger partial charge in [-0.1, -0.05) is 0 Å². The molecule has 0 aliphatic carbocycles. The molecule has 1 N–H and O–H groups in total. The van der Waals surface area contributed by atoms with Crippen LogP contribution in [0.5, 0.6) is 11.5 Å². The van der Waals surface area contributed by atoms with Crippen molar-refractivity contribution in [1.82, 2.24) is 4.90 Å². The van der Waals surface area contributed by atoms with Crippen LogP contribution in [0.25, 0.3) is 0 Å². The highest BCUT2D eigenvalue weighted by Crippen LogP contribution is 2.36. The Hall–Kier alpha value is -1.75. The van der Waals surface area contributed by atoms with Gasteiger partial charge in [-0.05, 0) is 24.7 Å². The summed E-state index contributed by atoms with van der Waals surface area (Å²) in [6.45, 7) is 1.30. The summed E-state index contributed by atoms with van der Waals surface area (Å²) in [5.74, 6) is 0.200. The Morgan fingerprint density at radius 2 is 1.79 bits per heavy atom. The van der Waals surface area contributed by atoms with Gasteiger partial charge < -0.3 is 19.5 Å². The van der Waals surface area contributed by atoms with Crippen LogP contribution in [0.1, 0.15) is 11.5 Å². The molecule has 5 nitrogen and oxygen atoms in total. The van der Waals surface area contributed by atoms with E-state index >= 15 is 0 Å². The molecule has 104 valence electrons. The number of aliphatic carboxylic acids is 1. The van der Waals surface area contributed by atoms with Crippen LogP contribution in [0.2, 0.25) is 0 Å². The Morgan fingerprint density at radius 3 is 2.26 bits per heavy atom. The van der Waals surface area contributed by atoms with Crippen molar-refractivity contribution >= 4 is 5.97 Å². The van der Waals surface area contributed by atoms with Crippen LogP contribution < -0.4 is 9.47 Å². The van der Waals surface area contributed by atoms with E-state index in [2.05, 4.69) is 0 Å². The van der Waals surface area contributed by atoms with Crippen LogP contribution >= 0.6 is 0 Å². The van der Waals surface area contributed by atoms with E-state index in [0.717, 1.165) is 12.1 Å². The molecule has 0 aromatic heterocycles. The van der Waals surface area contributed by atoms with Crippen LogP contribution in [0.3, 0.4) is 0 Å². The fourth-order valence-electron chi connectivity index (χ4n) is 2.63. The number of likely N-dealkylation sites (tertiary alicyclic amines) is 1. The monoisotopic (exact) mass is 265 g/mol. The molecule has 2 unspecified atom stereocenters. The van der Waals surface area contributed by atoms with E-state index in [1.165, 1.54) is 0 Å². The van der Waals surface area contributed by atoms with E-state index in [1.54, 1.807) is 20.3 Å². The SMILES string of the molecule is COc1cc(OC)cc(C2CN(C)CC2C(=O)O)c1. The summed E-state index contributed by atoms with van der Waals surface area (Å²) in [6, 6.07) is 5.57. The zero-order valence-electron chi connectivity index (χ0n) is 11.4. The molecule has 1 saturated heterocycles. The number of methoxy groups -OCH3 is 2. The molecule has 1 aliphatic heterocycles. The lowest BCUT2D eigenvalue weighted by atomic mass is 9.89. The highest BCUT2D eigenvalue weighted by molar-refractivity contribution is 5.72. The second-order valence-corrected chi connectivity index (χ2v) is 4.92. The molecule has 1 fully saturated rings. The van der Waals surface area contributed by atoms with Gasteiger partial charge >= 0.3 is 5.97 Å². The van der Waals surface area contributed by atoms with E-state index in [-0.39, 0.29) is 11.8 Å². The number of hydrogen-bond acceptors (Lipinski definition) is 4. The van der Waals surface area contributed by atoms with E-state index < -0.39 is 5.97 Å². The maximum Gasteiger partial charge on any atom is 0.308 e. The van der Waals surface area contributed by atoms with Gasteiger partial charge in [-0.25, -0.2) is 0 Å². The molecule has 1 aromatic carbocycles. The van der Waals surface area contributed by atoms with Gasteiger partial charge in [-0.3, -0.25) is 4.79 Å². The number of ether oxygens (including phenoxy) is 2. The Morgan fingerprint density at radius 1 is 1.21 bits per heavy atom. The van der Waals surface area contributed by atoms with Gasteiger partial charge in [0.25, 0.3) is 0 Å². The van der Waals surface area contributed by atoms with Crippen molar-refractivity contribution in [2.24, 2.45) is 5.92 Å². The fourth-order valence-corrected chi connectivity index (χ4v) is 2.63.